The van der Waals surface area contributed by atoms with Crippen LogP contribution in [0, 0.1) is 0 Å². The van der Waals surface area contributed by atoms with E-state index in [0.717, 1.165) is 24.0 Å². The number of aliphatic hydroxyl groups is 7. The molecule has 0 saturated carbocycles. The van der Waals surface area contributed by atoms with Gasteiger partial charge >= 0.3 is 0 Å². The Balaban J connectivity index is 1.05. The van der Waals surface area contributed by atoms with Gasteiger partial charge in [0.2, 0.25) is 11.6 Å². The summed E-state index contributed by atoms with van der Waals surface area (Å²) in [5.74, 6) is -3.00. The van der Waals surface area contributed by atoms with Gasteiger partial charge in [-0.15, -0.1) is 0 Å². The second-order valence-electron chi connectivity index (χ2n) is 16.7. The second kappa shape index (κ2) is 20.2. The number of benzene rings is 4. The average molecular weight is 930 g/mol. The van der Waals surface area contributed by atoms with Gasteiger partial charge in [0.25, 0.3) is 0 Å². The molecule has 0 amide bonds. The lowest BCUT2D eigenvalue weighted by molar-refractivity contribution is -0.400. The van der Waals surface area contributed by atoms with Gasteiger partial charge in [0.1, 0.15) is 72.5 Å². The van der Waals surface area contributed by atoms with Crippen LogP contribution >= 0.6 is 23.2 Å². The number of halogens is 2. The van der Waals surface area contributed by atoms with Gasteiger partial charge < -0.3 is 73.6 Å². The minimum atomic E-state index is -2.31. The van der Waals surface area contributed by atoms with E-state index >= 15 is 0 Å². The largest absolute Gasteiger partial charge is 0.488 e. The second-order valence-corrected chi connectivity index (χ2v) is 17.5. The summed E-state index contributed by atoms with van der Waals surface area (Å²) in [5, 5.41) is 79.1. The third-order valence-corrected chi connectivity index (χ3v) is 13.1. The van der Waals surface area contributed by atoms with Crippen molar-refractivity contribution in [1.29, 1.82) is 0 Å². The SMILES string of the molecule is CO[C@@]1(c2ccc(Cl)c(Cc3ccc(O[C@H]4CCOC4)cc3)c2)O[C@H](CO[C@@]2(c3ccc(Cl)c(Cc4ccc(O[C@H]5CCOC5)cc4)c3)O[C@H](CO)[C@@H](O)[C@H](O)[C@H]2O)[C@@H](O)[C@H](O)[C@H]1O. The molecule has 4 aliphatic heterocycles. The summed E-state index contributed by atoms with van der Waals surface area (Å²) in [6.07, 6.45) is -11.7. The molecule has 8 rings (SSSR count). The van der Waals surface area contributed by atoms with Crippen LogP contribution in [0.25, 0.3) is 0 Å². The number of aliphatic hydroxyl groups excluding tert-OH is 7. The number of ether oxygens (including phenoxy) is 8. The number of rotatable bonds is 15. The molecule has 0 aromatic heterocycles. The third kappa shape index (κ3) is 9.67. The van der Waals surface area contributed by atoms with Crippen LogP contribution in [0.5, 0.6) is 11.5 Å². The first-order chi connectivity index (χ1) is 30.8. The van der Waals surface area contributed by atoms with Crippen LogP contribution < -0.4 is 9.47 Å². The molecular weight excluding hydrogens is 875 g/mol. The maximum Gasteiger partial charge on any atom is 0.225 e. The van der Waals surface area contributed by atoms with E-state index in [2.05, 4.69) is 0 Å². The Morgan fingerprint density at radius 3 is 1.50 bits per heavy atom. The molecule has 4 fully saturated rings. The molecule has 0 bridgehead atoms. The lowest BCUT2D eigenvalue weighted by Gasteiger charge is -2.51. The lowest BCUT2D eigenvalue weighted by atomic mass is 9.86. The van der Waals surface area contributed by atoms with Gasteiger partial charge in [-0.1, -0.05) is 59.6 Å². The molecule has 0 spiro atoms. The van der Waals surface area contributed by atoms with Gasteiger partial charge in [-0.05, 0) is 83.6 Å². The van der Waals surface area contributed by atoms with Crippen LogP contribution in [0.4, 0.5) is 0 Å². The van der Waals surface area contributed by atoms with Gasteiger partial charge in [-0.2, -0.15) is 0 Å². The van der Waals surface area contributed by atoms with Crippen molar-refractivity contribution in [2.75, 3.05) is 46.8 Å². The molecule has 0 radical (unpaired) electrons. The minimum Gasteiger partial charge on any atom is -0.488 e. The van der Waals surface area contributed by atoms with Crippen molar-refractivity contribution in [3.63, 3.8) is 0 Å². The normalized spacial score (nSPS) is 33.0. The first-order valence-electron chi connectivity index (χ1n) is 21.3. The predicted octanol–water partition coefficient (Wildman–Crippen LogP) is 3.13. The Hall–Kier alpha value is -3.46. The van der Waals surface area contributed by atoms with E-state index < -0.39 is 73.6 Å². The van der Waals surface area contributed by atoms with Crippen LogP contribution in [0.2, 0.25) is 10.0 Å². The molecule has 4 aromatic carbocycles. The molecule has 15 nitrogen and oxygen atoms in total. The van der Waals surface area contributed by atoms with Crippen LogP contribution in [0.1, 0.15) is 46.2 Å². The molecule has 4 saturated heterocycles. The highest BCUT2D eigenvalue weighted by Crippen LogP contribution is 2.44. The van der Waals surface area contributed by atoms with Crippen molar-refractivity contribution in [3.8, 4) is 11.5 Å². The Morgan fingerprint density at radius 1 is 0.594 bits per heavy atom. The quantitative estimate of drug-likeness (QED) is 0.0913. The molecule has 4 aliphatic rings. The smallest absolute Gasteiger partial charge is 0.225 e. The number of hydrogen-bond donors (Lipinski definition) is 7. The van der Waals surface area contributed by atoms with Crippen LogP contribution in [-0.2, 0) is 52.8 Å². The van der Waals surface area contributed by atoms with Crippen molar-refractivity contribution < 1.29 is 73.6 Å². The highest BCUT2D eigenvalue weighted by atomic mass is 35.5. The van der Waals surface area contributed by atoms with Crippen molar-refractivity contribution in [1.82, 2.24) is 0 Å². The van der Waals surface area contributed by atoms with Crippen LogP contribution in [0.15, 0.2) is 84.9 Å². The summed E-state index contributed by atoms with van der Waals surface area (Å²) in [6.45, 7) is 0.960. The standard InChI is InChI=1S/C47H54Cl2O15/c1-57-46(30-6-12-36(48)28(20-30)18-26-2-8-32(9-3-26)61-34-14-16-58-23-34)44(55)43(54)41(52)39(64-46)25-60-47(45(56)42(53)40(51)38(22-50)63-47)31-7-13-37(49)29(21-31)19-27-4-10-33(11-5-27)62-35-15-17-59-24-35/h2-13,20-21,34-35,38-45,50-56H,14-19,22-25H2,1H3/t34-,35-,38+,39+,40+,41+,42-,43-,44+,45+,46-,47-/m0/s1. The summed E-state index contributed by atoms with van der Waals surface area (Å²) in [7, 11) is 1.27. The molecule has 7 N–H and O–H groups in total. The lowest BCUT2D eigenvalue weighted by Crippen LogP contribution is -2.67. The fraction of sp³-hybridized carbons (Fsp3) is 0.489. The molecule has 4 heterocycles. The van der Waals surface area contributed by atoms with Gasteiger partial charge in [0, 0.05) is 41.1 Å². The summed E-state index contributed by atoms with van der Waals surface area (Å²) in [4.78, 5) is 0. The maximum atomic E-state index is 11.8. The zero-order chi connectivity index (χ0) is 45.2. The highest BCUT2D eigenvalue weighted by molar-refractivity contribution is 6.31. The molecule has 346 valence electrons. The summed E-state index contributed by atoms with van der Waals surface area (Å²) in [5.41, 5.74) is 3.38. The van der Waals surface area contributed by atoms with E-state index in [1.54, 1.807) is 30.3 Å². The van der Waals surface area contributed by atoms with Gasteiger partial charge in [-0.3, -0.25) is 0 Å². The minimum absolute atomic E-state index is 0.00152. The molecular formula is C47H54Cl2O15. The van der Waals surface area contributed by atoms with Crippen molar-refractivity contribution >= 4 is 23.2 Å². The van der Waals surface area contributed by atoms with Crippen LogP contribution in [0.3, 0.4) is 0 Å². The average Bonchev–Trinajstić information content (AvgIpc) is 4.03. The van der Waals surface area contributed by atoms with Gasteiger partial charge in [0.05, 0.1) is 39.6 Å². The van der Waals surface area contributed by atoms with E-state index in [0.29, 0.717) is 71.9 Å². The zero-order valence-corrected chi connectivity index (χ0v) is 36.6. The highest BCUT2D eigenvalue weighted by Gasteiger charge is 2.59. The van der Waals surface area contributed by atoms with Gasteiger partial charge in [-0.25, -0.2) is 0 Å². The van der Waals surface area contributed by atoms with Crippen molar-refractivity contribution in [3.05, 3.63) is 128 Å². The van der Waals surface area contributed by atoms with E-state index in [1.165, 1.54) is 13.2 Å². The Morgan fingerprint density at radius 2 is 1.05 bits per heavy atom. The number of hydrogen-bond acceptors (Lipinski definition) is 15. The Bertz CT molecular complexity index is 2170. The van der Waals surface area contributed by atoms with Gasteiger partial charge in [0.15, 0.2) is 0 Å². The fourth-order valence-corrected chi connectivity index (χ4v) is 9.07. The molecule has 64 heavy (non-hydrogen) atoms. The van der Waals surface area contributed by atoms with Crippen LogP contribution in [-0.4, -0.2) is 144 Å². The molecule has 12 atom stereocenters. The van der Waals surface area contributed by atoms with E-state index in [4.69, 9.17) is 61.1 Å². The zero-order valence-electron chi connectivity index (χ0n) is 35.1. The van der Waals surface area contributed by atoms with E-state index in [1.807, 2.05) is 48.5 Å². The predicted molar refractivity (Wildman–Crippen MR) is 230 cm³/mol. The van der Waals surface area contributed by atoms with Crippen molar-refractivity contribution in [2.45, 2.75) is 98.3 Å². The molecule has 17 heteroatoms. The van der Waals surface area contributed by atoms with E-state index in [9.17, 15) is 35.7 Å². The topological polar surface area (TPSA) is 215 Å². The fourth-order valence-electron chi connectivity index (χ4n) is 8.70. The third-order valence-electron chi connectivity index (χ3n) is 12.4. The summed E-state index contributed by atoms with van der Waals surface area (Å²) in [6, 6.07) is 24.6. The number of methoxy groups -OCH3 is 1. The first kappa shape index (κ1) is 47.0. The summed E-state index contributed by atoms with van der Waals surface area (Å²) >= 11 is 13.4. The Labute approximate surface area is 380 Å². The molecule has 0 unspecified atom stereocenters. The Kier molecular flexibility index (Phi) is 14.8. The maximum absolute atomic E-state index is 11.8. The first-order valence-corrected chi connectivity index (χ1v) is 22.1. The van der Waals surface area contributed by atoms with Crippen molar-refractivity contribution in [2.24, 2.45) is 0 Å². The summed E-state index contributed by atoms with van der Waals surface area (Å²) < 4.78 is 47.7. The molecule has 4 aromatic rings. The van der Waals surface area contributed by atoms with E-state index in [-0.39, 0.29) is 23.3 Å². The monoisotopic (exact) mass is 928 g/mol. The molecule has 0 aliphatic carbocycles.